The molecule has 0 radical (unpaired) electrons. The van der Waals surface area contributed by atoms with Crippen molar-refractivity contribution in [3.63, 3.8) is 0 Å². The van der Waals surface area contributed by atoms with Gasteiger partial charge < -0.3 is 5.11 Å². The Morgan fingerprint density at radius 2 is 1.93 bits per heavy atom. The molecule has 0 bridgehead atoms. The molecule has 0 atom stereocenters. The van der Waals surface area contributed by atoms with E-state index in [1.54, 1.807) is 0 Å². The maximum Gasteiger partial charge on any atom is 0.427 e. The summed E-state index contributed by atoms with van der Waals surface area (Å²) in [6, 6.07) is 0. The van der Waals surface area contributed by atoms with Crippen molar-refractivity contribution in [3.8, 4) is 0 Å². The van der Waals surface area contributed by atoms with E-state index in [1.165, 1.54) is 20.9 Å². The van der Waals surface area contributed by atoms with Crippen molar-refractivity contribution in [2.24, 2.45) is 5.10 Å². The number of carboxylic acid groups (broad SMARTS) is 1. The molecule has 1 amide bonds. The van der Waals surface area contributed by atoms with Gasteiger partial charge in [-0.2, -0.15) is 5.10 Å². The average molecular weight is 222 g/mol. The van der Waals surface area contributed by atoms with Crippen LogP contribution < -0.4 is 0 Å². The molecule has 6 nitrogen and oxygen atoms in total. The molecule has 0 spiro atoms. The first-order valence-corrected chi connectivity index (χ1v) is 5.68. The van der Waals surface area contributed by atoms with E-state index in [9.17, 15) is 13.2 Å². The van der Waals surface area contributed by atoms with Gasteiger partial charge in [-0.3, -0.25) is 0 Å². The third kappa shape index (κ3) is 3.33. The minimum atomic E-state index is -3.29. The van der Waals surface area contributed by atoms with Gasteiger partial charge in [-0.25, -0.2) is 18.2 Å². The van der Waals surface area contributed by atoms with Crippen molar-refractivity contribution in [1.82, 2.24) is 5.01 Å². The van der Waals surface area contributed by atoms with E-state index >= 15 is 0 Å². The van der Waals surface area contributed by atoms with Crippen LogP contribution in [-0.4, -0.2) is 48.9 Å². The highest BCUT2D eigenvalue weighted by molar-refractivity contribution is 7.92. The van der Waals surface area contributed by atoms with Crippen molar-refractivity contribution < 1.29 is 18.3 Å². The van der Waals surface area contributed by atoms with E-state index in [4.69, 9.17) is 5.11 Å². The molecule has 0 fully saturated rings. The van der Waals surface area contributed by atoms with Crippen molar-refractivity contribution in [3.05, 3.63) is 0 Å². The maximum absolute atomic E-state index is 11.2. The Hall–Kier alpha value is -1.11. The lowest BCUT2D eigenvalue weighted by molar-refractivity contribution is 0.157. The van der Waals surface area contributed by atoms with Crippen molar-refractivity contribution in [1.29, 1.82) is 0 Å². The van der Waals surface area contributed by atoms with Crippen molar-refractivity contribution >= 4 is 22.1 Å². The molecule has 0 unspecified atom stereocenters. The molecule has 0 rings (SSSR count). The smallest absolute Gasteiger partial charge is 0.427 e. The molecule has 0 aromatic rings. The van der Waals surface area contributed by atoms with E-state index < -0.39 is 20.7 Å². The number of sulfone groups is 1. The predicted molar refractivity (Wildman–Crippen MR) is 53.2 cm³/mol. The summed E-state index contributed by atoms with van der Waals surface area (Å²) in [6.07, 6.45) is 0.918. The lowest BCUT2D eigenvalue weighted by Gasteiger charge is -2.17. The van der Waals surface area contributed by atoms with E-state index in [0.717, 1.165) is 12.5 Å². The van der Waals surface area contributed by atoms with Gasteiger partial charge in [0.15, 0.2) is 9.84 Å². The highest BCUT2D eigenvalue weighted by Gasteiger charge is 2.28. The molecule has 0 aromatic heterocycles. The molecule has 0 saturated heterocycles. The summed E-state index contributed by atoms with van der Waals surface area (Å²) in [6.45, 7) is 2.89. The highest BCUT2D eigenvalue weighted by Crippen LogP contribution is 2.11. The molecule has 1 N–H and O–H groups in total. The number of hydrogen-bond acceptors (Lipinski definition) is 4. The largest absolute Gasteiger partial charge is 0.464 e. The quantitative estimate of drug-likeness (QED) is 0.553. The third-order valence-electron chi connectivity index (χ3n) is 1.77. The molecule has 0 heterocycles. The molecule has 0 aliphatic rings. The molecule has 0 aliphatic carbocycles. The summed E-state index contributed by atoms with van der Waals surface area (Å²) in [7, 11) is -2.07. The zero-order valence-corrected chi connectivity index (χ0v) is 9.37. The molecule has 0 saturated carbocycles. The van der Waals surface area contributed by atoms with Gasteiger partial charge in [0, 0.05) is 19.5 Å². The second-order valence-corrected chi connectivity index (χ2v) is 6.02. The molecule has 7 heteroatoms. The van der Waals surface area contributed by atoms with Gasteiger partial charge in [0.2, 0.25) is 0 Å². The Kier molecular flexibility index (Phi) is 3.64. The van der Waals surface area contributed by atoms with Crippen molar-refractivity contribution in [2.45, 2.75) is 18.6 Å². The van der Waals surface area contributed by atoms with E-state index in [0.29, 0.717) is 5.01 Å². The second-order valence-electron chi connectivity index (χ2n) is 3.43. The van der Waals surface area contributed by atoms with Crippen LogP contribution >= 0.6 is 0 Å². The van der Waals surface area contributed by atoms with Crippen LogP contribution in [0.25, 0.3) is 0 Å². The van der Waals surface area contributed by atoms with E-state index in [-0.39, 0.29) is 0 Å². The second kappa shape index (κ2) is 3.95. The molecular formula is C7H14N2O4S. The van der Waals surface area contributed by atoms with Crippen LogP contribution in [0.2, 0.25) is 0 Å². The lowest BCUT2D eigenvalue weighted by Crippen LogP contribution is -2.34. The summed E-state index contributed by atoms with van der Waals surface area (Å²) in [5.41, 5.74) is 0. The molecular weight excluding hydrogens is 208 g/mol. The van der Waals surface area contributed by atoms with Crippen LogP contribution in [0.15, 0.2) is 5.10 Å². The Morgan fingerprint density at radius 1 is 1.50 bits per heavy atom. The Balaban J connectivity index is 4.77. The van der Waals surface area contributed by atoms with Crippen LogP contribution in [0, 0.1) is 0 Å². The van der Waals surface area contributed by atoms with Gasteiger partial charge in [0.25, 0.3) is 0 Å². The van der Waals surface area contributed by atoms with Gasteiger partial charge in [0.1, 0.15) is 4.75 Å². The maximum atomic E-state index is 11.2. The lowest BCUT2D eigenvalue weighted by atomic mass is 10.2. The number of nitrogens with zero attached hydrogens (tertiary/aromatic N) is 2. The predicted octanol–water partition coefficient (Wildman–Crippen LogP) is 0.405. The summed E-state index contributed by atoms with van der Waals surface area (Å²) in [5, 5.41) is 12.6. The van der Waals surface area contributed by atoms with Crippen LogP contribution in [0.4, 0.5) is 4.79 Å². The number of amides is 1. The molecule has 0 aromatic carbocycles. The Bertz CT molecular complexity index is 345. The zero-order valence-electron chi connectivity index (χ0n) is 8.55. The fraction of sp³-hybridized carbons (Fsp3) is 0.714. The standard InChI is InChI=1S/C7H14N2O4S/c1-7(2,14(4,12)13)5-8-9(3)6(10)11/h5H,1-4H3,(H,10,11). The first-order valence-electron chi connectivity index (χ1n) is 3.79. The zero-order chi connectivity index (χ0) is 11.6. The normalized spacial score (nSPS) is 13.1. The minimum Gasteiger partial charge on any atom is -0.464 e. The van der Waals surface area contributed by atoms with Gasteiger partial charge >= 0.3 is 6.09 Å². The topological polar surface area (TPSA) is 87.0 Å². The molecule has 82 valence electrons. The number of carbonyl (C=O) groups is 1. The van der Waals surface area contributed by atoms with Crippen LogP contribution in [-0.2, 0) is 9.84 Å². The fourth-order valence-electron chi connectivity index (χ4n) is 0.371. The number of rotatable bonds is 3. The van der Waals surface area contributed by atoms with Crippen LogP contribution in [0.1, 0.15) is 13.8 Å². The average Bonchev–Trinajstić information content (AvgIpc) is 1.97. The Morgan fingerprint density at radius 3 is 2.21 bits per heavy atom. The molecule has 14 heavy (non-hydrogen) atoms. The van der Waals surface area contributed by atoms with Gasteiger partial charge in [-0.15, -0.1) is 0 Å². The van der Waals surface area contributed by atoms with Crippen LogP contribution in [0.5, 0.6) is 0 Å². The summed E-state index contributed by atoms with van der Waals surface area (Å²) in [5.74, 6) is 0. The fourth-order valence-corrected chi connectivity index (χ4v) is 0.609. The Labute approximate surface area is 83.1 Å². The third-order valence-corrected chi connectivity index (χ3v) is 3.79. The number of hydrazone groups is 1. The van der Waals surface area contributed by atoms with Crippen molar-refractivity contribution in [2.75, 3.05) is 13.3 Å². The first-order chi connectivity index (χ1) is 6.08. The van der Waals surface area contributed by atoms with Gasteiger partial charge in [-0.1, -0.05) is 0 Å². The summed E-state index contributed by atoms with van der Waals surface area (Å²) >= 11 is 0. The van der Waals surface area contributed by atoms with E-state index in [2.05, 4.69) is 5.10 Å². The summed E-state index contributed by atoms with van der Waals surface area (Å²) in [4.78, 5) is 10.3. The first kappa shape index (κ1) is 12.9. The van der Waals surface area contributed by atoms with E-state index in [1.807, 2.05) is 0 Å². The highest BCUT2D eigenvalue weighted by atomic mass is 32.2. The number of hydrogen-bond donors (Lipinski definition) is 1. The molecule has 0 aliphatic heterocycles. The van der Waals surface area contributed by atoms with Crippen LogP contribution in [0.3, 0.4) is 0 Å². The monoisotopic (exact) mass is 222 g/mol. The minimum absolute atomic E-state index is 0.646. The summed E-state index contributed by atoms with van der Waals surface area (Å²) < 4.78 is 21.2. The van der Waals surface area contributed by atoms with Gasteiger partial charge in [0.05, 0.1) is 0 Å². The van der Waals surface area contributed by atoms with Gasteiger partial charge in [-0.05, 0) is 13.8 Å². The SMILES string of the molecule is CN(N=CC(C)(C)S(C)(=O)=O)C(=O)O.